The van der Waals surface area contributed by atoms with Gasteiger partial charge in [0.05, 0.1) is 6.42 Å². The van der Waals surface area contributed by atoms with Crippen molar-refractivity contribution in [3.8, 4) is 0 Å². The summed E-state index contributed by atoms with van der Waals surface area (Å²) in [7, 11) is 0. The third kappa shape index (κ3) is 4.16. The summed E-state index contributed by atoms with van der Waals surface area (Å²) in [6.07, 6.45) is 4.61. The normalized spacial score (nSPS) is 17.4. The molecule has 1 amide bonds. The van der Waals surface area contributed by atoms with E-state index < -0.39 is 0 Å². The average Bonchev–Trinajstić information content (AvgIpc) is 3.25. The van der Waals surface area contributed by atoms with Crippen molar-refractivity contribution >= 4 is 29.3 Å². The zero-order valence-electron chi connectivity index (χ0n) is 15.4. The maximum absolute atomic E-state index is 12.6. The largest absolute Gasteiger partial charge is 0.353 e. The van der Waals surface area contributed by atoms with Gasteiger partial charge in [-0.25, -0.2) is 4.98 Å². The minimum absolute atomic E-state index is 0.128. The van der Waals surface area contributed by atoms with Gasteiger partial charge in [0.25, 0.3) is 0 Å². The van der Waals surface area contributed by atoms with Gasteiger partial charge in [-0.1, -0.05) is 29.8 Å². The molecule has 4 rings (SSSR count). The molecule has 1 aromatic heterocycles. The van der Waals surface area contributed by atoms with Gasteiger partial charge in [-0.05, 0) is 30.5 Å². The lowest BCUT2D eigenvalue weighted by Crippen LogP contribution is -2.49. The third-order valence-electron chi connectivity index (χ3n) is 5.27. The molecule has 0 saturated carbocycles. The van der Waals surface area contributed by atoms with E-state index in [1.807, 2.05) is 41.4 Å². The van der Waals surface area contributed by atoms with Gasteiger partial charge in [0, 0.05) is 50.5 Å². The first-order valence-electron chi connectivity index (χ1n) is 9.55. The Morgan fingerprint density at radius 3 is 2.44 bits per heavy atom. The quantitative estimate of drug-likeness (QED) is 0.809. The van der Waals surface area contributed by atoms with E-state index in [1.165, 1.54) is 12.8 Å². The van der Waals surface area contributed by atoms with Crippen LogP contribution in [0.15, 0.2) is 36.5 Å². The van der Waals surface area contributed by atoms with Crippen LogP contribution in [0.5, 0.6) is 0 Å². The fourth-order valence-electron chi connectivity index (χ4n) is 3.69. The van der Waals surface area contributed by atoms with Crippen LogP contribution in [0.2, 0.25) is 5.02 Å². The highest BCUT2D eigenvalue weighted by atomic mass is 35.5. The highest BCUT2D eigenvalue weighted by molar-refractivity contribution is 6.31. The van der Waals surface area contributed by atoms with Gasteiger partial charge in [-0.3, -0.25) is 4.79 Å². The number of carbonyl (C=O) groups excluding carboxylic acids is 1. The molecule has 2 aliphatic heterocycles. The molecule has 0 aliphatic carbocycles. The fraction of sp³-hybridized carbons (Fsp3) is 0.450. The molecule has 2 aromatic rings. The van der Waals surface area contributed by atoms with Crippen LogP contribution in [0.25, 0.3) is 0 Å². The zero-order chi connectivity index (χ0) is 18.6. The predicted octanol–water partition coefficient (Wildman–Crippen LogP) is 2.62. The fourth-order valence-corrected chi connectivity index (χ4v) is 3.89. The van der Waals surface area contributed by atoms with Crippen molar-refractivity contribution < 1.29 is 4.79 Å². The molecule has 142 valence electrons. The minimum atomic E-state index is 0.128. The molecule has 0 spiro atoms. The second-order valence-corrected chi connectivity index (χ2v) is 7.45. The van der Waals surface area contributed by atoms with Crippen molar-refractivity contribution in [2.45, 2.75) is 19.3 Å². The maximum Gasteiger partial charge on any atom is 0.227 e. The van der Waals surface area contributed by atoms with E-state index in [1.54, 1.807) is 0 Å². The Hall–Kier alpha value is -2.34. The van der Waals surface area contributed by atoms with E-state index in [0.29, 0.717) is 24.5 Å². The number of halogens is 1. The Balaban J connectivity index is 1.35. The summed E-state index contributed by atoms with van der Waals surface area (Å²) in [6.45, 7) is 5.04. The molecule has 6 nitrogen and oxygen atoms in total. The smallest absolute Gasteiger partial charge is 0.227 e. The van der Waals surface area contributed by atoms with E-state index >= 15 is 0 Å². The van der Waals surface area contributed by atoms with Crippen molar-refractivity contribution in [1.29, 1.82) is 0 Å². The van der Waals surface area contributed by atoms with E-state index in [9.17, 15) is 4.79 Å². The summed E-state index contributed by atoms with van der Waals surface area (Å²) >= 11 is 6.18. The number of piperazine rings is 1. The zero-order valence-corrected chi connectivity index (χ0v) is 16.1. The lowest BCUT2D eigenvalue weighted by atomic mass is 10.1. The van der Waals surface area contributed by atoms with Crippen molar-refractivity contribution in [1.82, 2.24) is 14.9 Å². The topological polar surface area (TPSA) is 52.6 Å². The third-order valence-corrected chi connectivity index (χ3v) is 5.64. The first-order chi connectivity index (χ1) is 13.2. The van der Waals surface area contributed by atoms with Crippen molar-refractivity contribution in [3.05, 3.63) is 47.1 Å². The van der Waals surface area contributed by atoms with Crippen molar-refractivity contribution in [2.24, 2.45) is 0 Å². The van der Waals surface area contributed by atoms with Crippen LogP contribution in [0, 0.1) is 0 Å². The van der Waals surface area contributed by atoms with E-state index in [-0.39, 0.29) is 5.91 Å². The summed E-state index contributed by atoms with van der Waals surface area (Å²) in [6, 6.07) is 9.50. The molecular formula is C20H24ClN5O. The summed E-state index contributed by atoms with van der Waals surface area (Å²) in [5, 5.41) is 0.653. The Labute approximate surface area is 164 Å². The number of aromatic nitrogens is 2. The predicted molar refractivity (Wildman–Crippen MR) is 107 cm³/mol. The van der Waals surface area contributed by atoms with Crippen LogP contribution in [-0.4, -0.2) is 60.0 Å². The average molecular weight is 386 g/mol. The summed E-state index contributed by atoms with van der Waals surface area (Å²) in [5.41, 5.74) is 0.887. The molecule has 3 heterocycles. The van der Waals surface area contributed by atoms with Crippen LogP contribution in [0.4, 0.5) is 11.8 Å². The molecule has 27 heavy (non-hydrogen) atoms. The lowest BCUT2D eigenvalue weighted by molar-refractivity contribution is -0.130. The van der Waals surface area contributed by atoms with Crippen molar-refractivity contribution in [3.63, 3.8) is 0 Å². The second kappa shape index (κ2) is 8.13. The van der Waals surface area contributed by atoms with Crippen LogP contribution in [-0.2, 0) is 11.2 Å². The van der Waals surface area contributed by atoms with Gasteiger partial charge in [-0.2, -0.15) is 4.98 Å². The number of nitrogens with zero attached hydrogens (tertiary/aromatic N) is 5. The Morgan fingerprint density at radius 2 is 1.70 bits per heavy atom. The number of anilines is 2. The van der Waals surface area contributed by atoms with Crippen LogP contribution in [0.1, 0.15) is 18.4 Å². The monoisotopic (exact) mass is 385 g/mol. The van der Waals surface area contributed by atoms with Crippen LogP contribution >= 0.6 is 11.6 Å². The Kier molecular flexibility index (Phi) is 5.43. The summed E-state index contributed by atoms with van der Waals surface area (Å²) < 4.78 is 0. The van der Waals surface area contributed by atoms with Gasteiger partial charge in [0.15, 0.2) is 0 Å². The number of amides is 1. The number of rotatable bonds is 4. The second-order valence-electron chi connectivity index (χ2n) is 7.05. The summed E-state index contributed by atoms with van der Waals surface area (Å²) in [4.78, 5) is 28.2. The molecule has 0 bridgehead atoms. The summed E-state index contributed by atoms with van der Waals surface area (Å²) in [5.74, 6) is 1.90. The van der Waals surface area contributed by atoms with E-state index in [4.69, 9.17) is 16.6 Å². The van der Waals surface area contributed by atoms with Crippen LogP contribution < -0.4 is 9.80 Å². The highest BCUT2D eigenvalue weighted by Gasteiger charge is 2.23. The molecule has 7 heteroatoms. The molecule has 2 fully saturated rings. The molecule has 1 aromatic carbocycles. The molecule has 0 N–H and O–H groups in total. The molecule has 0 radical (unpaired) electrons. The lowest BCUT2D eigenvalue weighted by Gasteiger charge is -2.35. The Morgan fingerprint density at radius 1 is 0.963 bits per heavy atom. The van der Waals surface area contributed by atoms with Crippen LogP contribution in [0.3, 0.4) is 0 Å². The standard InChI is InChI=1S/C20H24ClN5O/c21-17-6-2-1-5-16(17)15-19(27)25-13-11-24(12-14-25)18-7-8-22-20(23-18)26-9-3-4-10-26/h1-2,5-8H,3-4,9-15H2. The molecule has 0 atom stereocenters. The number of carbonyl (C=O) groups is 1. The van der Waals surface area contributed by atoms with E-state index in [2.05, 4.69) is 14.8 Å². The number of hydrogen-bond acceptors (Lipinski definition) is 5. The molecular weight excluding hydrogens is 362 g/mol. The Bertz CT molecular complexity index is 800. The molecule has 0 unspecified atom stereocenters. The molecule has 2 saturated heterocycles. The minimum Gasteiger partial charge on any atom is -0.353 e. The van der Waals surface area contributed by atoms with Gasteiger partial charge >= 0.3 is 0 Å². The number of hydrogen-bond donors (Lipinski definition) is 0. The van der Waals surface area contributed by atoms with Gasteiger partial charge in [-0.15, -0.1) is 0 Å². The van der Waals surface area contributed by atoms with E-state index in [0.717, 1.165) is 43.5 Å². The highest BCUT2D eigenvalue weighted by Crippen LogP contribution is 2.21. The van der Waals surface area contributed by atoms with Gasteiger partial charge in [0.1, 0.15) is 5.82 Å². The van der Waals surface area contributed by atoms with Crippen molar-refractivity contribution in [2.75, 3.05) is 49.1 Å². The van der Waals surface area contributed by atoms with Gasteiger partial charge in [0.2, 0.25) is 11.9 Å². The first kappa shape index (κ1) is 18.0. The SMILES string of the molecule is O=C(Cc1ccccc1Cl)N1CCN(c2ccnc(N3CCCC3)n2)CC1. The first-order valence-corrected chi connectivity index (χ1v) is 9.92. The maximum atomic E-state index is 12.6. The number of benzene rings is 1. The molecule has 2 aliphatic rings. The van der Waals surface area contributed by atoms with Gasteiger partial charge < -0.3 is 14.7 Å².